The molecule has 0 aliphatic carbocycles. The summed E-state index contributed by atoms with van der Waals surface area (Å²) in [6.07, 6.45) is 3.01. The number of phenols is 1. The van der Waals surface area contributed by atoms with Crippen LogP contribution in [0.15, 0.2) is 79.0 Å². The highest BCUT2D eigenvalue weighted by atomic mass is 16.3. The Balaban J connectivity index is 1.51. The summed E-state index contributed by atoms with van der Waals surface area (Å²) in [5, 5.41) is 13.2. The van der Waals surface area contributed by atoms with E-state index >= 15 is 0 Å². The normalized spacial score (nSPS) is 15.0. The average molecular weight is 479 g/mol. The van der Waals surface area contributed by atoms with Crippen molar-refractivity contribution < 1.29 is 14.5 Å². The number of nitrogens with zero attached hydrogens (tertiary/aromatic N) is 2. The molecule has 5 heteroatoms. The molecule has 1 unspecified atom stereocenters. The summed E-state index contributed by atoms with van der Waals surface area (Å²) in [5.74, 6) is 0.958. The van der Waals surface area contributed by atoms with Crippen molar-refractivity contribution in [2.75, 3.05) is 5.32 Å². The molecule has 0 bridgehead atoms. The van der Waals surface area contributed by atoms with Crippen LogP contribution in [-0.4, -0.2) is 22.0 Å². The number of aromatic nitrogens is 2. The van der Waals surface area contributed by atoms with Crippen LogP contribution >= 0.6 is 0 Å². The van der Waals surface area contributed by atoms with E-state index < -0.39 is 0 Å². The molecule has 2 N–H and O–H groups in total. The lowest BCUT2D eigenvalue weighted by atomic mass is 9.86. The third-order valence-corrected chi connectivity index (χ3v) is 6.78. The van der Waals surface area contributed by atoms with Crippen molar-refractivity contribution in [3.8, 4) is 17.0 Å². The van der Waals surface area contributed by atoms with E-state index in [4.69, 9.17) is 4.98 Å². The van der Waals surface area contributed by atoms with Crippen molar-refractivity contribution in [2.45, 2.75) is 52.0 Å². The van der Waals surface area contributed by atoms with Gasteiger partial charge >= 0.3 is 11.7 Å². The maximum absolute atomic E-state index is 13.5. The molecule has 4 aromatic rings. The first-order valence-electron chi connectivity index (χ1n) is 12.4. The minimum atomic E-state index is -0.355. The Kier molecular flexibility index (Phi) is 6.09. The molecule has 1 aromatic heterocycles. The Morgan fingerprint density at radius 3 is 2.19 bits per heavy atom. The monoisotopic (exact) mass is 478 g/mol. The second-order valence-corrected chi connectivity index (χ2v) is 10.7. The van der Waals surface area contributed by atoms with Gasteiger partial charge in [0.05, 0.1) is 0 Å². The van der Waals surface area contributed by atoms with Crippen molar-refractivity contribution in [2.24, 2.45) is 0 Å². The maximum atomic E-state index is 13.5. The Labute approximate surface area is 212 Å². The minimum Gasteiger partial charge on any atom is -0.508 e. The van der Waals surface area contributed by atoms with Gasteiger partial charge in [-0.05, 0) is 53.3 Å². The molecule has 0 saturated carbocycles. The standard InChI is InChI=1S/C31H31N3O2/c1-20-5-7-21(8-6-20)18-27-30(36)34-19-28(23-11-15-25(35)16-12-23)32-26(29(34)33-27)17-22-9-13-24(14-10-22)31(2,3)4/h5-16,19,27,35H,17-18H2,1-4H3/p+1. The predicted octanol–water partition coefficient (Wildman–Crippen LogP) is 5.62. The van der Waals surface area contributed by atoms with Crippen LogP contribution in [0.2, 0.25) is 0 Å². The predicted molar refractivity (Wildman–Crippen MR) is 142 cm³/mol. The van der Waals surface area contributed by atoms with Gasteiger partial charge in [0, 0.05) is 18.4 Å². The fraction of sp³-hybridized carbons (Fsp3) is 0.258. The molecule has 0 amide bonds. The number of aromatic hydroxyl groups is 1. The summed E-state index contributed by atoms with van der Waals surface area (Å²) >= 11 is 0. The average Bonchev–Trinajstić information content (AvgIpc) is 3.16. The Bertz CT molecular complexity index is 1400. The van der Waals surface area contributed by atoms with E-state index in [9.17, 15) is 9.90 Å². The molecule has 0 spiro atoms. The molecule has 1 aliphatic heterocycles. The highest BCUT2D eigenvalue weighted by Crippen LogP contribution is 2.27. The van der Waals surface area contributed by atoms with E-state index in [0.717, 1.165) is 28.2 Å². The topological polar surface area (TPSA) is 66.1 Å². The van der Waals surface area contributed by atoms with Gasteiger partial charge in [0.2, 0.25) is 0 Å². The summed E-state index contributed by atoms with van der Waals surface area (Å²) in [6, 6.07) is 23.5. The molecule has 1 atom stereocenters. The number of rotatable bonds is 5. The van der Waals surface area contributed by atoms with Crippen LogP contribution in [0.1, 0.15) is 53.5 Å². The molecule has 36 heavy (non-hydrogen) atoms. The zero-order valence-electron chi connectivity index (χ0n) is 21.2. The first-order chi connectivity index (χ1) is 17.2. The van der Waals surface area contributed by atoms with E-state index in [1.54, 1.807) is 22.9 Å². The highest BCUT2D eigenvalue weighted by molar-refractivity contribution is 5.82. The maximum Gasteiger partial charge on any atom is 0.359 e. The summed E-state index contributed by atoms with van der Waals surface area (Å²) < 4.78 is 1.72. The molecule has 5 rings (SSSR count). The van der Waals surface area contributed by atoms with Gasteiger partial charge in [0.15, 0.2) is 6.04 Å². The number of hydrogen-bond acceptors (Lipinski definition) is 4. The second-order valence-electron chi connectivity index (χ2n) is 10.7. The Hall–Kier alpha value is -3.99. The number of hydrogen-bond donors (Lipinski definition) is 2. The van der Waals surface area contributed by atoms with Gasteiger partial charge in [-0.1, -0.05) is 74.9 Å². The molecule has 0 radical (unpaired) electrons. The number of nitrogens with one attached hydrogen (secondary N) is 1. The van der Waals surface area contributed by atoms with E-state index in [1.807, 2.05) is 12.1 Å². The number of anilines is 1. The molecular weight excluding hydrogens is 446 g/mol. The second kappa shape index (κ2) is 9.23. The minimum absolute atomic E-state index is 0.0114. The van der Waals surface area contributed by atoms with Crippen LogP contribution in [-0.2, 0) is 18.3 Å². The van der Waals surface area contributed by atoms with E-state index in [0.29, 0.717) is 18.5 Å². The number of aryl methyl sites for hydroxylation is 1. The van der Waals surface area contributed by atoms with Crippen LogP contribution in [0, 0.1) is 6.92 Å². The summed E-state index contributed by atoms with van der Waals surface area (Å²) in [5.41, 5.74) is 7.19. The van der Waals surface area contributed by atoms with Crippen molar-refractivity contribution in [1.82, 2.24) is 4.98 Å². The van der Waals surface area contributed by atoms with E-state index in [-0.39, 0.29) is 23.1 Å². The van der Waals surface area contributed by atoms with E-state index in [2.05, 4.69) is 81.5 Å². The molecule has 0 saturated heterocycles. The van der Waals surface area contributed by atoms with Crippen molar-refractivity contribution >= 4 is 11.7 Å². The number of fused-ring (bicyclic) bond motifs is 1. The lowest BCUT2D eigenvalue weighted by Gasteiger charge is -2.19. The summed E-state index contributed by atoms with van der Waals surface area (Å²) in [4.78, 5) is 18.5. The van der Waals surface area contributed by atoms with Crippen molar-refractivity contribution in [1.29, 1.82) is 0 Å². The fourth-order valence-corrected chi connectivity index (χ4v) is 4.58. The molecule has 0 fully saturated rings. The largest absolute Gasteiger partial charge is 0.508 e. The first-order valence-corrected chi connectivity index (χ1v) is 12.4. The van der Waals surface area contributed by atoms with Crippen LogP contribution in [0.25, 0.3) is 11.3 Å². The first kappa shape index (κ1) is 23.7. The van der Waals surface area contributed by atoms with Gasteiger partial charge in [-0.3, -0.25) is 5.32 Å². The quantitative estimate of drug-likeness (QED) is 0.366. The zero-order chi connectivity index (χ0) is 25.4. The Morgan fingerprint density at radius 1 is 0.917 bits per heavy atom. The van der Waals surface area contributed by atoms with Gasteiger partial charge in [-0.25, -0.2) is 9.78 Å². The summed E-state index contributed by atoms with van der Waals surface area (Å²) in [6.45, 7) is 8.68. The third kappa shape index (κ3) is 4.87. The molecule has 182 valence electrons. The molecule has 5 nitrogen and oxygen atoms in total. The number of carbonyl (C=O) groups is 1. The summed E-state index contributed by atoms with van der Waals surface area (Å²) in [7, 11) is 0. The number of phenolic OH excluding ortho intramolecular Hbond substituents is 1. The SMILES string of the molecule is Cc1ccc(CC2Nc3c(Cc4ccc(C(C)(C)C)cc4)nc(-c4ccc(O)cc4)c[n+]3C2=O)cc1. The van der Waals surface area contributed by atoms with Crippen LogP contribution in [0.3, 0.4) is 0 Å². The smallest absolute Gasteiger partial charge is 0.359 e. The van der Waals surface area contributed by atoms with Crippen LogP contribution < -0.4 is 9.88 Å². The molecule has 2 heterocycles. The lowest BCUT2D eigenvalue weighted by Crippen LogP contribution is -2.44. The van der Waals surface area contributed by atoms with Crippen LogP contribution in [0.5, 0.6) is 5.75 Å². The van der Waals surface area contributed by atoms with Crippen molar-refractivity contribution in [3.63, 3.8) is 0 Å². The fourth-order valence-electron chi connectivity index (χ4n) is 4.58. The van der Waals surface area contributed by atoms with Gasteiger partial charge in [0.25, 0.3) is 0 Å². The number of benzene rings is 3. The third-order valence-electron chi connectivity index (χ3n) is 6.78. The van der Waals surface area contributed by atoms with Crippen molar-refractivity contribution in [3.05, 3.63) is 107 Å². The van der Waals surface area contributed by atoms with Gasteiger partial charge in [0.1, 0.15) is 23.3 Å². The lowest BCUT2D eigenvalue weighted by molar-refractivity contribution is -0.552. The molecule has 1 aliphatic rings. The van der Waals surface area contributed by atoms with Gasteiger partial charge < -0.3 is 5.11 Å². The van der Waals surface area contributed by atoms with Crippen LogP contribution in [0.4, 0.5) is 5.82 Å². The molecule has 3 aromatic carbocycles. The zero-order valence-corrected chi connectivity index (χ0v) is 21.2. The molecular formula is C31H32N3O2+. The number of carbonyl (C=O) groups excluding carboxylic acids is 1. The van der Waals surface area contributed by atoms with E-state index in [1.165, 1.54) is 11.1 Å². The highest BCUT2D eigenvalue weighted by Gasteiger charge is 2.41. The van der Waals surface area contributed by atoms with Gasteiger partial charge in [-0.2, -0.15) is 4.57 Å². The van der Waals surface area contributed by atoms with Gasteiger partial charge in [-0.15, -0.1) is 0 Å². The Morgan fingerprint density at radius 2 is 1.56 bits per heavy atom.